The van der Waals surface area contributed by atoms with Crippen LogP contribution in [0, 0.1) is 0 Å². The summed E-state index contributed by atoms with van der Waals surface area (Å²) in [5.41, 5.74) is -0.303. The summed E-state index contributed by atoms with van der Waals surface area (Å²) in [6.45, 7) is 4.12. The maximum atomic E-state index is 12.9. The van der Waals surface area contributed by atoms with Crippen molar-refractivity contribution in [1.82, 2.24) is 14.8 Å². The number of rotatable bonds is 8. The first-order valence-corrected chi connectivity index (χ1v) is 10.6. The number of amides is 1. The first kappa shape index (κ1) is 23.7. The predicted molar refractivity (Wildman–Crippen MR) is 118 cm³/mol. The van der Waals surface area contributed by atoms with Crippen molar-refractivity contribution >= 4 is 35.0 Å². The summed E-state index contributed by atoms with van der Waals surface area (Å²) in [4.78, 5) is 12.4. The van der Waals surface area contributed by atoms with Crippen LogP contribution in [0.15, 0.2) is 60.3 Å². The highest BCUT2D eigenvalue weighted by Crippen LogP contribution is 2.34. The number of anilines is 1. The number of hydrogen-bond acceptors (Lipinski definition) is 5. The van der Waals surface area contributed by atoms with Crippen molar-refractivity contribution in [2.75, 3.05) is 18.2 Å². The molecular formula is C21H18ClF3N4O2S. The van der Waals surface area contributed by atoms with Crippen molar-refractivity contribution in [1.29, 1.82) is 0 Å². The Morgan fingerprint density at radius 1 is 1.28 bits per heavy atom. The van der Waals surface area contributed by atoms with Gasteiger partial charge in [0.05, 0.1) is 34.7 Å². The molecule has 0 spiro atoms. The largest absolute Gasteiger partial charge is 0.496 e. The molecule has 1 amide bonds. The van der Waals surface area contributed by atoms with Crippen LogP contribution in [0.5, 0.6) is 5.75 Å². The third-order valence-corrected chi connectivity index (χ3v) is 5.57. The molecule has 1 aromatic heterocycles. The van der Waals surface area contributed by atoms with Crippen molar-refractivity contribution in [3.63, 3.8) is 0 Å². The molecule has 32 heavy (non-hydrogen) atoms. The zero-order chi connectivity index (χ0) is 23.3. The number of nitrogens with one attached hydrogen (secondary N) is 1. The molecule has 0 radical (unpaired) electrons. The number of hydrogen-bond donors (Lipinski definition) is 1. The van der Waals surface area contributed by atoms with Crippen LogP contribution in [0.1, 0.15) is 5.56 Å². The molecule has 6 nitrogen and oxygen atoms in total. The Morgan fingerprint density at radius 3 is 2.72 bits per heavy atom. The van der Waals surface area contributed by atoms with Gasteiger partial charge in [-0.15, -0.1) is 16.8 Å². The minimum absolute atomic E-state index is 0.00429. The molecule has 11 heteroatoms. The van der Waals surface area contributed by atoms with Crippen molar-refractivity contribution in [3.8, 4) is 17.1 Å². The van der Waals surface area contributed by atoms with Gasteiger partial charge in [-0.1, -0.05) is 41.6 Å². The number of methoxy groups -OCH3 is 1. The summed E-state index contributed by atoms with van der Waals surface area (Å²) in [6.07, 6.45) is -2.89. The maximum Gasteiger partial charge on any atom is 0.416 e. The summed E-state index contributed by atoms with van der Waals surface area (Å²) in [5, 5.41) is 11.2. The molecule has 0 bridgehead atoms. The molecule has 1 N–H and O–H groups in total. The summed E-state index contributed by atoms with van der Waals surface area (Å²) in [6, 6.07) is 10.0. The molecule has 168 valence electrons. The molecule has 3 rings (SSSR count). The topological polar surface area (TPSA) is 69.0 Å². The van der Waals surface area contributed by atoms with E-state index in [-0.39, 0.29) is 16.5 Å². The van der Waals surface area contributed by atoms with Crippen molar-refractivity contribution in [3.05, 3.63) is 65.7 Å². The van der Waals surface area contributed by atoms with Crippen LogP contribution in [0.3, 0.4) is 0 Å². The zero-order valence-corrected chi connectivity index (χ0v) is 18.4. The van der Waals surface area contributed by atoms with Gasteiger partial charge in [0.1, 0.15) is 5.75 Å². The van der Waals surface area contributed by atoms with Gasteiger partial charge in [-0.2, -0.15) is 13.2 Å². The molecular weight excluding hydrogens is 465 g/mol. The number of para-hydroxylation sites is 1. The number of thioether (sulfide) groups is 1. The monoisotopic (exact) mass is 482 g/mol. The van der Waals surface area contributed by atoms with Gasteiger partial charge in [-0.3, -0.25) is 9.36 Å². The van der Waals surface area contributed by atoms with Gasteiger partial charge in [0.2, 0.25) is 5.91 Å². The highest BCUT2D eigenvalue weighted by Gasteiger charge is 2.31. The Bertz CT molecular complexity index is 1130. The van der Waals surface area contributed by atoms with E-state index < -0.39 is 17.6 Å². The Morgan fingerprint density at radius 2 is 2.03 bits per heavy atom. The summed E-state index contributed by atoms with van der Waals surface area (Å²) in [5.74, 6) is 0.487. The van der Waals surface area contributed by atoms with E-state index in [0.29, 0.717) is 23.3 Å². The van der Waals surface area contributed by atoms with Crippen molar-refractivity contribution in [2.45, 2.75) is 17.9 Å². The van der Waals surface area contributed by atoms with E-state index in [1.165, 1.54) is 0 Å². The van der Waals surface area contributed by atoms with E-state index in [1.54, 1.807) is 23.8 Å². The highest BCUT2D eigenvalue weighted by molar-refractivity contribution is 7.99. The summed E-state index contributed by atoms with van der Waals surface area (Å²) >= 11 is 7.02. The number of carbonyl (C=O) groups excluding carboxylic acids is 1. The number of allylic oxidation sites excluding steroid dienone is 1. The quantitative estimate of drug-likeness (QED) is 0.337. The maximum absolute atomic E-state index is 12.9. The van der Waals surface area contributed by atoms with Gasteiger partial charge >= 0.3 is 6.18 Å². The number of halogens is 4. The molecule has 2 aromatic carbocycles. The highest BCUT2D eigenvalue weighted by atomic mass is 35.5. The second kappa shape index (κ2) is 10.1. The van der Waals surface area contributed by atoms with Crippen LogP contribution >= 0.6 is 23.4 Å². The average molecular weight is 483 g/mol. The lowest BCUT2D eigenvalue weighted by Gasteiger charge is -2.12. The molecule has 0 unspecified atom stereocenters. The van der Waals surface area contributed by atoms with Crippen LogP contribution in [0.25, 0.3) is 11.4 Å². The first-order chi connectivity index (χ1) is 15.2. The molecule has 0 aliphatic carbocycles. The summed E-state index contributed by atoms with van der Waals surface area (Å²) in [7, 11) is 1.55. The molecule has 0 saturated carbocycles. The first-order valence-electron chi connectivity index (χ1n) is 9.21. The Balaban J connectivity index is 1.77. The standard InChI is InChI=1S/C21H18ClF3N4O2S/c1-3-10-29-19(14-6-4-5-7-17(14)31-2)27-28-20(29)32-12-18(30)26-16-11-13(21(23,24)25)8-9-15(16)22/h3-9,11H,1,10,12H2,2H3,(H,26,30). The number of nitrogens with zero attached hydrogens (tertiary/aromatic N) is 3. The zero-order valence-electron chi connectivity index (χ0n) is 16.8. The molecule has 0 saturated heterocycles. The number of benzene rings is 2. The fraction of sp³-hybridized carbons (Fsp3) is 0.190. The van der Waals surface area contributed by atoms with Gasteiger partial charge in [-0.25, -0.2) is 0 Å². The molecule has 0 aliphatic rings. The number of ether oxygens (including phenoxy) is 1. The van der Waals surface area contributed by atoms with Crippen LogP contribution in [-0.2, 0) is 17.5 Å². The van der Waals surface area contributed by atoms with Crippen molar-refractivity contribution < 1.29 is 22.7 Å². The fourth-order valence-corrected chi connectivity index (χ4v) is 3.74. The second-order valence-corrected chi connectivity index (χ2v) is 7.78. The number of alkyl halides is 3. The lowest BCUT2D eigenvalue weighted by molar-refractivity contribution is -0.137. The van der Waals surface area contributed by atoms with Gasteiger partial charge in [0.15, 0.2) is 11.0 Å². The summed E-state index contributed by atoms with van der Waals surface area (Å²) < 4.78 is 45.9. The van der Waals surface area contributed by atoms with E-state index in [4.69, 9.17) is 16.3 Å². The number of carbonyl (C=O) groups is 1. The van der Waals surface area contributed by atoms with E-state index in [0.717, 1.165) is 35.5 Å². The minimum atomic E-state index is -4.55. The van der Waals surface area contributed by atoms with Crippen LogP contribution < -0.4 is 10.1 Å². The van der Waals surface area contributed by atoms with Gasteiger partial charge in [-0.05, 0) is 30.3 Å². The van der Waals surface area contributed by atoms with Crippen molar-refractivity contribution in [2.24, 2.45) is 0 Å². The Labute approximate surface area is 191 Å². The Hall–Kier alpha value is -2.98. The van der Waals surface area contributed by atoms with E-state index in [9.17, 15) is 18.0 Å². The molecule has 0 atom stereocenters. The molecule has 0 fully saturated rings. The molecule has 1 heterocycles. The number of aromatic nitrogens is 3. The van der Waals surface area contributed by atoms with Gasteiger partial charge < -0.3 is 10.1 Å². The van der Waals surface area contributed by atoms with E-state index >= 15 is 0 Å². The lowest BCUT2D eigenvalue weighted by Crippen LogP contribution is -2.16. The average Bonchev–Trinajstić information content (AvgIpc) is 3.15. The Kier molecular flexibility index (Phi) is 7.47. The van der Waals surface area contributed by atoms with Crippen LogP contribution in [0.2, 0.25) is 5.02 Å². The second-order valence-electron chi connectivity index (χ2n) is 6.43. The fourth-order valence-electron chi connectivity index (χ4n) is 2.83. The van der Waals surface area contributed by atoms with Gasteiger partial charge in [0, 0.05) is 6.54 Å². The normalized spacial score (nSPS) is 11.3. The molecule has 3 aromatic rings. The lowest BCUT2D eigenvalue weighted by atomic mass is 10.2. The predicted octanol–water partition coefficient (Wildman–Crippen LogP) is 5.54. The minimum Gasteiger partial charge on any atom is -0.496 e. The third kappa shape index (κ3) is 5.43. The smallest absolute Gasteiger partial charge is 0.416 e. The van der Waals surface area contributed by atoms with E-state index in [1.807, 2.05) is 18.2 Å². The molecule has 0 aliphatic heterocycles. The van der Waals surface area contributed by atoms with E-state index in [2.05, 4.69) is 22.1 Å². The van der Waals surface area contributed by atoms with Crippen LogP contribution in [0.4, 0.5) is 18.9 Å². The van der Waals surface area contributed by atoms with Crippen LogP contribution in [-0.4, -0.2) is 33.5 Å². The third-order valence-electron chi connectivity index (χ3n) is 4.28. The van der Waals surface area contributed by atoms with Gasteiger partial charge in [0.25, 0.3) is 0 Å². The SMILES string of the molecule is C=CCn1c(SCC(=O)Nc2cc(C(F)(F)F)ccc2Cl)nnc1-c1ccccc1OC.